The summed E-state index contributed by atoms with van der Waals surface area (Å²) >= 11 is -1.26. The molecule has 0 fully saturated rings. The Hall–Kier alpha value is -2.25. The zero-order chi connectivity index (χ0) is 14.8. The summed E-state index contributed by atoms with van der Waals surface area (Å²) in [4.78, 5) is 8.24. The van der Waals surface area contributed by atoms with Crippen molar-refractivity contribution in [3.05, 3.63) is 48.5 Å². The Kier molecular flexibility index (Phi) is 3.68. The van der Waals surface area contributed by atoms with E-state index < -0.39 is 11.2 Å². The van der Waals surface area contributed by atoms with Gasteiger partial charge in [0.2, 0.25) is 0 Å². The van der Waals surface area contributed by atoms with E-state index in [1.165, 1.54) is 18.4 Å². The number of rotatable bonds is 3. The summed E-state index contributed by atoms with van der Waals surface area (Å²) in [6.07, 6.45) is 4.71. The molecule has 0 spiro atoms. The van der Waals surface area contributed by atoms with Crippen LogP contribution < -0.4 is 0 Å². The summed E-state index contributed by atoms with van der Waals surface area (Å²) in [6.45, 7) is 0. The molecule has 1 aromatic carbocycles. The lowest BCUT2D eigenvalue weighted by Gasteiger charge is -2.05. The number of halogens is 1. The van der Waals surface area contributed by atoms with E-state index in [9.17, 15) is 8.94 Å². The minimum Gasteiger partial charge on any atom is -0.609 e. The standard InChI is InChI=1S/C14H11FN4OS/c1-21(20)14-16-7-6-12(18-14)11-8-17-19-13(11)9-2-4-10(15)5-3-9/h2-8H,1H3,(H,17,19). The smallest absolute Gasteiger partial charge is 0.342 e. The molecule has 1 unspecified atom stereocenters. The van der Waals surface area contributed by atoms with Gasteiger partial charge in [-0.3, -0.25) is 5.10 Å². The zero-order valence-corrected chi connectivity index (χ0v) is 11.9. The highest BCUT2D eigenvalue weighted by atomic mass is 32.2. The Morgan fingerprint density at radius 1 is 1.19 bits per heavy atom. The first kappa shape index (κ1) is 13.7. The Bertz CT molecular complexity index is 758. The maximum Gasteiger partial charge on any atom is 0.342 e. The average Bonchev–Trinajstić information content (AvgIpc) is 2.97. The van der Waals surface area contributed by atoms with Crippen LogP contribution in [-0.2, 0) is 11.2 Å². The van der Waals surface area contributed by atoms with Gasteiger partial charge in [-0.2, -0.15) is 15.1 Å². The summed E-state index contributed by atoms with van der Waals surface area (Å²) in [5, 5.41) is 7.16. The molecule has 0 aliphatic rings. The van der Waals surface area contributed by atoms with Crippen LogP contribution >= 0.6 is 0 Å². The second-order valence-electron chi connectivity index (χ2n) is 4.34. The molecular formula is C14H11FN4OS. The van der Waals surface area contributed by atoms with Crippen molar-refractivity contribution in [1.29, 1.82) is 0 Å². The lowest BCUT2D eigenvalue weighted by atomic mass is 10.1. The topological polar surface area (TPSA) is 77.5 Å². The number of nitrogens with zero attached hydrogens (tertiary/aromatic N) is 3. The van der Waals surface area contributed by atoms with E-state index in [-0.39, 0.29) is 11.0 Å². The summed E-state index contributed by atoms with van der Waals surface area (Å²) in [5.74, 6) is -0.300. The molecule has 0 aliphatic heterocycles. The number of hydrogen-bond donors (Lipinski definition) is 1. The number of H-pyrrole nitrogens is 1. The molecule has 1 N–H and O–H groups in total. The molecular weight excluding hydrogens is 291 g/mol. The molecule has 5 nitrogen and oxygen atoms in total. The van der Waals surface area contributed by atoms with E-state index in [2.05, 4.69) is 20.2 Å². The molecule has 3 aromatic rings. The van der Waals surface area contributed by atoms with Gasteiger partial charge >= 0.3 is 5.16 Å². The highest BCUT2D eigenvalue weighted by Gasteiger charge is 2.15. The quantitative estimate of drug-likeness (QED) is 0.595. The fourth-order valence-corrected chi connectivity index (χ4v) is 2.38. The number of benzene rings is 1. The lowest BCUT2D eigenvalue weighted by molar-refractivity contribution is 0.592. The monoisotopic (exact) mass is 302 g/mol. The minimum atomic E-state index is -1.26. The average molecular weight is 302 g/mol. The van der Waals surface area contributed by atoms with Gasteiger partial charge in [-0.05, 0) is 30.3 Å². The Labute approximate surface area is 123 Å². The molecule has 3 rings (SSSR count). The van der Waals surface area contributed by atoms with Crippen molar-refractivity contribution >= 4 is 11.2 Å². The van der Waals surface area contributed by atoms with Gasteiger partial charge in [-0.25, -0.2) is 4.39 Å². The first-order valence-corrected chi connectivity index (χ1v) is 7.67. The molecule has 0 bridgehead atoms. The number of aromatic nitrogens is 4. The molecule has 1 atom stereocenters. The molecule has 0 amide bonds. The number of aromatic amines is 1. The van der Waals surface area contributed by atoms with Gasteiger partial charge in [0.15, 0.2) is 0 Å². The molecule has 21 heavy (non-hydrogen) atoms. The van der Waals surface area contributed by atoms with E-state index in [0.717, 1.165) is 16.8 Å². The SMILES string of the molecule is C[S+]([O-])c1nccc(-c2cn[nH]c2-c2ccc(F)cc2)n1. The van der Waals surface area contributed by atoms with E-state index in [1.807, 2.05) is 0 Å². The van der Waals surface area contributed by atoms with Crippen molar-refractivity contribution in [1.82, 2.24) is 20.2 Å². The fraction of sp³-hybridized carbons (Fsp3) is 0.0714. The first-order chi connectivity index (χ1) is 10.1. The van der Waals surface area contributed by atoms with E-state index in [0.29, 0.717) is 5.69 Å². The maximum absolute atomic E-state index is 13.0. The van der Waals surface area contributed by atoms with Gasteiger partial charge in [-0.1, -0.05) is 0 Å². The summed E-state index contributed by atoms with van der Waals surface area (Å²) in [5.41, 5.74) is 2.88. The lowest BCUT2D eigenvalue weighted by Crippen LogP contribution is -2.04. The molecule has 2 aromatic heterocycles. The highest BCUT2D eigenvalue weighted by Crippen LogP contribution is 2.29. The van der Waals surface area contributed by atoms with Crippen molar-refractivity contribution in [2.24, 2.45) is 0 Å². The molecule has 0 saturated carbocycles. The van der Waals surface area contributed by atoms with E-state index in [4.69, 9.17) is 0 Å². The maximum atomic E-state index is 13.0. The Balaban J connectivity index is 2.06. The predicted octanol–water partition coefficient (Wildman–Crippen LogP) is 2.41. The van der Waals surface area contributed by atoms with Gasteiger partial charge < -0.3 is 4.55 Å². The van der Waals surface area contributed by atoms with Gasteiger partial charge in [0, 0.05) is 28.5 Å². The normalized spacial score (nSPS) is 12.3. The van der Waals surface area contributed by atoms with Crippen molar-refractivity contribution in [3.8, 4) is 22.5 Å². The third-order valence-electron chi connectivity index (χ3n) is 2.94. The zero-order valence-electron chi connectivity index (χ0n) is 11.1. The van der Waals surface area contributed by atoms with Crippen LogP contribution in [0.1, 0.15) is 0 Å². The van der Waals surface area contributed by atoms with Crippen molar-refractivity contribution < 1.29 is 8.94 Å². The molecule has 7 heteroatoms. The summed E-state index contributed by atoms with van der Waals surface area (Å²) in [7, 11) is 0. The summed E-state index contributed by atoms with van der Waals surface area (Å²) in [6, 6.07) is 7.80. The highest BCUT2D eigenvalue weighted by molar-refractivity contribution is 7.90. The van der Waals surface area contributed by atoms with Crippen LogP contribution in [0.4, 0.5) is 4.39 Å². The third kappa shape index (κ3) is 2.79. The molecule has 0 aliphatic carbocycles. The largest absolute Gasteiger partial charge is 0.609 e. The Morgan fingerprint density at radius 2 is 1.95 bits per heavy atom. The van der Waals surface area contributed by atoms with E-state index in [1.54, 1.807) is 30.6 Å². The predicted molar refractivity (Wildman–Crippen MR) is 77.3 cm³/mol. The van der Waals surface area contributed by atoms with Crippen molar-refractivity contribution in [2.75, 3.05) is 6.26 Å². The van der Waals surface area contributed by atoms with Gasteiger partial charge in [0.05, 0.1) is 17.6 Å². The van der Waals surface area contributed by atoms with Gasteiger partial charge in [0.1, 0.15) is 12.1 Å². The van der Waals surface area contributed by atoms with Crippen LogP contribution in [-0.4, -0.2) is 31.0 Å². The number of hydrogen-bond acceptors (Lipinski definition) is 4. The number of nitrogens with one attached hydrogen (secondary N) is 1. The minimum absolute atomic E-state index is 0.263. The molecule has 106 valence electrons. The van der Waals surface area contributed by atoms with Crippen molar-refractivity contribution in [3.63, 3.8) is 0 Å². The van der Waals surface area contributed by atoms with Crippen LogP contribution in [0.3, 0.4) is 0 Å². The van der Waals surface area contributed by atoms with Gasteiger partial charge in [0.25, 0.3) is 0 Å². The fourth-order valence-electron chi connectivity index (χ4n) is 1.95. The second-order valence-corrected chi connectivity index (χ2v) is 5.62. The van der Waals surface area contributed by atoms with E-state index >= 15 is 0 Å². The van der Waals surface area contributed by atoms with Crippen molar-refractivity contribution in [2.45, 2.75) is 5.16 Å². The van der Waals surface area contributed by atoms with Crippen LogP contribution in [0.2, 0.25) is 0 Å². The molecule has 0 radical (unpaired) electrons. The third-order valence-corrected chi connectivity index (χ3v) is 3.65. The van der Waals surface area contributed by atoms with Crippen LogP contribution in [0.25, 0.3) is 22.5 Å². The second kappa shape index (κ2) is 5.63. The van der Waals surface area contributed by atoms with Crippen LogP contribution in [0, 0.1) is 5.82 Å². The summed E-state index contributed by atoms with van der Waals surface area (Å²) < 4.78 is 24.5. The first-order valence-electron chi connectivity index (χ1n) is 6.11. The molecule has 0 saturated heterocycles. The Morgan fingerprint density at radius 3 is 2.67 bits per heavy atom. The molecule has 2 heterocycles. The van der Waals surface area contributed by atoms with Crippen LogP contribution in [0.15, 0.2) is 47.9 Å². The van der Waals surface area contributed by atoms with Crippen LogP contribution in [0.5, 0.6) is 0 Å². The van der Waals surface area contributed by atoms with Gasteiger partial charge in [-0.15, -0.1) is 0 Å².